The molecular weight excluding hydrogens is 411 g/mol. The van der Waals surface area contributed by atoms with Crippen molar-refractivity contribution < 1.29 is 14.1 Å². The topological polar surface area (TPSA) is 35.5 Å². The summed E-state index contributed by atoms with van der Waals surface area (Å²) in [5.41, 5.74) is -0.770. The lowest BCUT2D eigenvalue weighted by Gasteiger charge is -2.34. The van der Waals surface area contributed by atoms with E-state index in [1.165, 1.54) is 10.4 Å². The molecule has 4 rings (SSSR count). The van der Waals surface area contributed by atoms with E-state index in [0.717, 1.165) is 25.6 Å². The standard InChI is InChI=1S/C27H37BO3Si/c1-7-27(8-2)19-23(20-28-30-25(3,4)26(5,6)31-28)32(24(27)29,21-15-11-9-12-16-21)22-17-13-10-14-18-22/h9-18,23H,7-8,19-20H2,1-6H3. The van der Waals surface area contributed by atoms with Crippen LogP contribution < -0.4 is 10.4 Å². The van der Waals surface area contributed by atoms with Crippen molar-refractivity contribution >= 4 is 31.0 Å². The molecule has 2 aromatic rings. The molecule has 0 aromatic heterocycles. The predicted octanol–water partition coefficient (Wildman–Crippen LogP) is 5.03. The molecule has 0 amide bonds. The molecule has 0 N–H and O–H groups in total. The minimum absolute atomic E-state index is 0.231. The van der Waals surface area contributed by atoms with Crippen molar-refractivity contribution in [3.05, 3.63) is 60.7 Å². The van der Waals surface area contributed by atoms with Gasteiger partial charge < -0.3 is 14.1 Å². The summed E-state index contributed by atoms with van der Waals surface area (Å²) in [6.45, 7) is 12.8. The number of benzene rings is 2. The van der Waals surface area contributed by atoms with E-state index in [2.05, 4.69) is 90.1 Å². The number of hydrogen-bond donors (Lipinski definition) is 0. The van der Waals surface area contributed by atoms with Gasteiger partial charge in [-0.3, -0.25) is 0 Å². The number of hydrogen-bond acceptors (Lipinski definition) is 3. The number of rotatable bonds is 6. The van der Waals surface area contributed by atoms with Crippen LogP contribution in [0.15, 0.2) is 60.7 Å². The summed E-state index contributed by atoms with van der Waals surface area (Å²) in [6, 6.07) is 21.2. The minimum Gasteiger partial charge on any atom is -0.403 e. The fourth-order valence-corrected chi connectivity index (χ4v) is 12.2. The van der Waals surface area contributed by atoms with Gasteiger partial charge in [0.2, 0.25) is 0 Å². The zero-order chi connectivity index (χ0) is 23.2. The maximum absolute atomic E-state index is 14.6. The van der Waals surface area contributed by atoms with Crippen molar-refractivity contribution in [3.8, 4) is 0 Å². The van der Waals surface area contributed by atoms with Crippen LogP contribution in [0, 0.1) is 5.41 Å². The van der Waals surface area contributed by atoms with E-state index in [1.807, 2.05) is 12.1 Å². The van der Waals surface area contributed by atoms with Gasteiger partial charge in [-0.1, -0.05) is 74.5 Å². The third-order valence-electron chi connectivity index (χ3n) is 8.68. The molecule has 2 aliphatic heterocycles. The second-order valence-corrected chi connectivity index (χ2v) is 14.7. The van der Waals surface area contributed by atoms with E-state index in [-0.39, 0.29) is 29.3 Å². The van der Waals surface area contributed by atoms with E-state index in [1.54, 1.807) is 0 Å². The molecule has 1 unspecified atom stereocenters. The van der Waals surface area contributed by atoms with Gasteiger partial charge in [0, 0.05) is 5.41 Å². The summed E-state index contributed by atoms with van der Waals surface area (Å²) >= 11 is 0. The Morgan fingerprint density at radius 3 is 1.69 bits per heavy atom. The van der Waals surface area contributed by atoms with Gasteiger partial charge in [-0.25, -0.2) is 0 Å². The second kappa shape index (κ2) is 8.27. The van der Waals surface area contributed by atoms with Gasteiger partial charge in [0.15, 0.2) is 8.07 Å². The first-order valence-corrected chi connectivity index (χ1v) is 14.2. The normalized spacial score (nSPS) is 25.2. The van der Waals surface area contributed by atoms with Crippen LogP contribution in [-0.2, 0) is 14.1 Å². The van der Waals surface area contributed by atoms with Gasteiger partial charge in [0.1, 0.15) is 5.41 Å². The van der Waals surface area contributed by atoms with Crippen LogP contribution in [0.4, 0.5) is 0 Å². The zero-order valence-corrected chi connectivity index (χ0v) is 21.5. The average Bonchev–Trinajstić information content (AvgIpc) is 3.15. The maximum atomic E-state index is 14.6. The maximum Gasteiger partial charge on any atom is 0.457 e. The fraction of sp³-hybridized carbons (Fsp3) is 0.519. The molecule has 0 aliphatic carbocycles. The lowest BCUT2D eigenvalue weighted by Crippen LogP contribution is -2.66. The summed E-state index contributed by atoms with van der Waals surface area (Å²) in [4.78, 5) is 14.6. The molecular formula is C27H37BO3Si. The molecule has 0 saturated carbocycles. The van der Waals surface area contributed by atoms with E-state index < -0.39 is 8.07 Å². The summed E-state index contributed by atoms with van der Waals surface area (Å²) in [5.74, 6) is 0. The van der Waals surface area contributed by atoms with Crippen LogP contribution >= 0.6 is 0 Å². The van der Waals surface area contributed by atoms with Crippen LogP contribution in [0.25, 0.3) is 0 Å². The molecule has 2 fully saturated rings. The van der Waals surface area contributed by atoms with Crippen molar-refractivity contribution in [1.29, 1.82) is 0 Å². The lowest BCUT2D eigenvalue weighted by molar-refractivity contribution is -0.120. The van der Waals surface area contributed by atoms with Gasteiger partial charge in [-0.05, 0) is 69.2 Å². The Labute approximate surface area is 195 Å². The first-order chi connectivity index (χ1) is 15.1. The van der Waals surface area contributed by atoms with Gasteiger partial charge in [0.05, 0.1) is 11.2 Å². The molecule has 0 radical (unpaired) electrons. The van der Waals surface area contributed by atoms with Gasteiger partial charge >= 0.3 is 7.12 Å². The summed E-state index contributed by atoms with van der Waals surface area (Å²) in [5, 5.41) is 2.94. The van der Waals surface area contributed by atoms with Crippen LogP contribution in [-0.4, -0.2) is 31.8 Å². The molecule has 32 heavy (non-hydrogen) atoms. The van der Waals surface area contributed by atoms with E-state index in [0.29, 0.717) is 5.41 Å². The Morgan fingerprint density at radius 1 is 0.844 bits per heavy atom. The summed E-state index contributed by atoms with van der Waals surface area (Å²) < 4.78 is 12.9. The Morgan fingerprint density at radius 2 is 1.28 bits per heavy atom. The number of carbonyl (C=O) groups excluding carboxylic acids is 1. The Hall–Kier alpha value is -1.69. The van der Waals surface area contributed by atoms with Crippen molar-refractivity contribution in [1.82, 2.24) is 0 Å². The third kappa shape index (κ3) is 3.44. The van der Waals surface area contributed by atoms with Crippen molar-refractivity contribution in [2.24, 2.45) is 5.41 Å². The zero-order valence-electron chi connectivity index (χ0n) is 20.5. The average molecular weight is 448 g/mol. The molecule has 5 heteroatoms. The smallest absolute Gasteiger partial charge is 0.403 e. The van der Waals surface area contributed by atoms with Crippen LogP contribution in [0.2, 0.25) is 11.9 Å². The van der Waals surface area contributed by atoms with Gasteiger partial charge in [-0.15, -0.1) is 0 Å². The summed E-state index contributed by atoms with van der Waals surface area (Å²) in [6.07, 6.45) is 3.45. The van der Waals surface area contributed by atoms with E-state index >= 15 is 0 Å². The van der Waals surface area contributed by atoms with Gasteiger partial charge in [0.25, 0.3) is 0 Å². The first kappa shape index (κ1) is 23.5. The Bertz CT molecular complexity index is 898. The third-order valence-corrected chi connectivity index (χ3v) is 14.1. The predicted molar refractivity (Wildman–Crippen MR) is 135 cm³/mol. The second-order valence-electron chi connectivity index (χ2n) is 10.7. The SMILES string of the molecule is CCC1(CC)CC(CB2OC(C)(C)C(C)(C)O2)[Si](c2ccccc2)(c2ccccc2)C1=O. The van der Waals surface area contributed by atoms with Crippen molar-refractivity contribution in [2.45, 2.75) is 83.9 Å². The molecule has 0 bridgehead atoms. The van der Waals surface area contributed by atoms with Crippen molar-refractivity contribution in [2.75, 3.05) is 0 Å². The highest BCUT2D eigenvalue weighted by Gasteiger charge is 2.65. The van der Waals surface area contributed by atoms with E-state index in [9.17, 15) is 4.79 Å². The van der Waals surface area contributed by atoms with Crippen LogP contribution in [0.5, 0.6) is 0 Å². The van der Waals surface area contributed by atoms with Gasteiger partial charge in [-0.2, -0.15) is 0 Å². The van der Waals surface area contributed by atoms with Crippen molar-refractivity contribution in [3.63, 3.8) is 0 Å². The van der Waals surface area contributed by atoms with Crippen LogP contribution in [0.3, 0.4) is 0 Å². The monoisotopic (exact) mass is 448 g/mol. The highest BCUT2D eigenvalue weighted by Crippen LogP contribution is 2.54. The first-order valence-electron chi connectivity index (χ1n) is 12.1. The summed E-state index contributed by atoms with van der Waals surface area (Å²) in [7, 11) is -3.04. The Kier molecular flexibility index (Phi) is 6.06. The molecule has 2 aliphatic rings. The molecule has 170 valence electrons. The molecule has 3 nitrogen and oxygen atoms in total. The molecule has 2 heterocycles. The molecule has 0 spiro atoms. The minimum atomic E-state index is -2.75. The fourth-order valence-electron chi connectivity index (χ4n) is 6.04. The number of carbonyl (C=O) groups is 1. The highest BCUT2D eigenvalue weighted by molar-refractivity contribution is 7.24. The lowest BCUT2D eigenvalue weighted by atomic mass is 9.74. The quantitative estimate of drug-likeness (QED) is 0.582. The Balaban J connectivity index is 1.87. The molecule has 2 saturated heterocycles. The molecule has 2 aromatic carbocycles. The highest BCUT2D eigenvalue weighted by atomic mass is 28.3. The van der Waals surface area contributed by atoms with E-state index in [4.69, 9.17) is 9.31 Å². The van der Waals surface area contributed by atoms with Crippen LogP contribution in [0.1, 0.15) is 60.8 Å². The molecule has 1 atom stereocenters. The largest absolute Gasteiger partial charge is 0.457 e.